The van der Waals surface area contributed by atoms with Crippen LogP contribution in [0.2, 0.25) is 0 Å². The van der Waals surface area contributed by atoms with E-state index in [1.54, 1.807) is 20.8 Å². The number of rotatable bonds is 4. The van der Waals surface area contributed by atoms with Crippen molar-refractivity contribution in [3.8, 4) is 12.3 Å². The highest BCUT2D eigenvalue weighted by Crippen LogP contribution is 2.01. The van der Waals surface area contributed by atoms with Gasteiger partial charge in [0.05, 0.1) is 6.04 Å². The lowest BCUT2D eigenvalue weighted by Crippen LogP contribution is -2.50. The molecule has 0 aromatic heterocycles. The SMILES string of the molecule is C#CC(C)NC(=O)NC(C(=O)O)C(C)C. The second-order valence-corrected chi connectivity index (χ2v) is 3.57. The predicted molar refractivity (Wildman–Crippen MR) is 56.2 cm³/mol. The zero-order valence-electron chi connectivity index (χ0n) is 9.07. The van der Waals surface area contributed by atoms with Gasteiger partial charge in [0.15, 0.2) is 0 Å². The van der Waals surface area contributed by atoms with E-state index < -0.39 is 24.1 Å². The van der Waals surface area contributed by atoms with Crippen molar-refractivity contribution in [2.75, 3.05) is 0 Å². The average molecular weight is 212 g/mol. The molecule has 2 atom stereocenters. The molecule has 84 valence electrons. The monoisotopic (exact) mass is 212 g/mol. The van der Waals surface area contributed by atoms with E-state index in [0.717, 1.165) is 0 Å². The molecule has 2 amide bonds. The molecule has 0 aliphatic carbocycles. The average Bonchev–Trinajstić information content (AvgIpc) is 2.12. The predicted octanol–water partition coefficient (Wildman–Crippen LogP) is 0.416. The Morgan fingerprint density at radius 1 is 1.27 bits per heavy atom. The number of terminal acetylenes is 1. The highest BCUT2D eigenvalue weighted by molar-refractivity contribution is 5.82. The molecule has 2 unspecified atom stereocenters. The van der Waals surface area contributed by atoms with Gasteiger partial charge in [-0.15, -0.1) is 6.42 Å². The highest BCUT2D eigenvalue weighted by Gasteiger charge is 2.23. The number of carboxylic acids is 1. The van der Waals surface area contributed by atoms with Crippen LogP contribution in [0.3, 0.4) is 0 Å². The molecule has 3 N–H and O–H groups in total. The molecule has 0 aromatic rings. The standard InChI is InChI=1S/C10H16N2O3/c1-5-7(4)11-10(15)12-8(6(2)3)9(13)14/h1,6-8H,2-4H3,(H,13,14)(H2,11,12,15). The Balaban J connectivity index is 4.26. The molecule has 5 nitrogen and oxygen atoms in total. The van der Waals surface area contributed by atoms with Gasteiger partial charge in [-0.2, -0.15) is 0 Å². The topological polar surface area (TPSA) is 78.4 Å². The number of carbonyl (C=O) groups excluding carboxylic acids is 1. The smallest absolute Gasteiger partial charge is 0.326 e. The van der Waals surface area contributed by atoms with E-state index in [2.05, 4.69) is 16.6 Å². The molecule has 0 aliphatic rings. The van der Waals surface area contributed by atoms with Crippen molar-refractivity contribution in [3.05, 3.63) is 0 Å². The molecular formula is C10H16N2O3. The van der Waals surface area contributed by atoms with Crippen LogP contribution in [0, 0.1) is 18.3 Å². The summed E-state index contributed by atoms with van der Waals surface area (Å²) in [5, 5.41) is 13.6. The molecule has 0 fully saturated rings. The van der Waals surface area contributed by atoms with Crippen LogP contribution in [0.5, 0.6) is 0 Å². The lowest BCUT2D eigenvalue weighted by atomic mass is 10.1. The molecule has 0 radical (unpaired) electrons. The number of nitrogens with one attached hydrogen (secondary N) is 2. The van der Waals surface area contributed by atoms with Crippen molar-refractivity contribution in [2.45, 2.75) is 32.9 Å². The Morgan fingerprint density at radius 2 is 1.80 bits per heavy atom. The molecular weight excluding hydrogens is 196 g/mol. The summed E-state index contributed by atoms with van der Waals surface area (Å²) in [6.45, 7) is 5.05. The van der Waals surface area contributed by atoms with Crippen LogP contribution in [0.15, 0.2) is 0 Å². The fraction of sp³-hybridized carbons (Fsp3) is 0.600. The zero-order valence-corrected chi connectivity index (χ0v) is 9.07. The third-order valence-electron chi connectivity index (χ3n) is 1.82. The van der Waals surface area contributed by atoms with Crippen LogP contribution in [-0.2, 0) is 4.79 Å². The van der Waals surface area contributed by atoms with Crippen molar-refractivity contribution >= 4 is 12.0 Å². The summed E-state index contributed by atoms with van der Waals surface area (Å²) < 4.78 is 0. The molecule has 0 rings (SSSR count). The number of urea groups is 1. The first kappa shape index (κ1) is 13.3. The fourth-order valence-electron chi connectivity index (χ4n) is 0.935. The van der Waals surface area contributed by atoms with Crippen molar-refractivity contribution < 1.29 is 14.7 Å². The van der Waals surface area contributed by atoms with Crippen LogP contribution < -0.4 is 10.6 Å². The van der Waals surface area contributed by atoms with E-state index in [1.807, 2.05) is 0 Å². The maximum atomic E-state index is 11.3. The summed E-state index contributed by atoms with van der Waals surface area (Å²) in [5.74, 6) is 1.06. The molecule has 5 heteroatoms. The largest absolute Gasteiger partial charge is 0.480 e. The summed E-state index contributed by atoms with van der Waals surface area (Å²) in [4.78, 5) is 22.0. The number of hydrogen-bond acceptors (Lipinski definition) is 2. The maximum absolute atomic E-state index is 11.3. The Bertz CT molecular complexity index is 281. The molecule has 0 saturated carbocycles. The molecule has 0 heterocycles. The zero-order chi connectivity index (χ0) is 12.0. The summed E-state index contributed by atoms with van der Waals surface area (Å²) in [5.41, 5.74) is 0. The number of aliphatic carboxylic acids is 1. The van der Waals surface area contributed by atoms with E-state index >= 15 is 0 Å². The van der Waals surface area contributed by atoms with E-state index in [9.17, 15) is 9.59 Å². The molecule has 0 aliphatic heterocycles. The van der Waals surface area contributed by atoms with Gasteiger partial charge in [0.1, 0.15) is 6.04 Å². The number of amides is 2. The van der Waals surface area contributed by atoms with Crippen LogP contribution >= 0.6 is 0 Å². The molecule has 0 aromatic carbocycles. The van der Waals surface area contributed by atoms with Gasteiger partial charge in [0.25, 0.3) is 0 Å². The second kappa shape index (κ2) is 5.91. The van der Waals surface area contributed by atoms with Crippen LogP contribution in [0.25, 0.3) is 0 Å². The summed E-state index contributed by atoms with van der Waals surface area (Å²) in [6, 6.07) is -1.90. The highest BCUT2D eigenvalue weighted by atomic mass is 16.4. The van der Waals surface area contributed by atoms with Crippen molar-refractivity contribution in [1.29, 1.82) is 0 Å². The van der Waals surface area contributed by atoms with Gasteiger partial charge < -0.3 is 15.7 Å². The van der Waals surface area contributed by atoms with Gasteiger partial charge in [-0.1, -0.05) is 19.8 Å². The van der Waals surface area contributed by atoms with E-state index in [-0.39, 0.29) is 5.92 Å². The minimum Gasteiger partial charge on any atom is -0.480 e. The van der Waals surface area contributed by atoms with Crippen molar-refractivity contribution in [3.63, 3.8) is 0 Å². The van der Waals surface area contributed by atoms with Gasteiger partial charge in [0.2, 0.25) is 0 Å². The van der Waals surface area contributed by atoms with Crippen LogP contribution in [0.4, 0.5) is 4.79 Å². The van der Waals surface area contributed by atoms with Crippen LogP contribution in [-0.4, -0.2) is 29.2 Å². The quantitative estimate of drug-likeness (QED) is 0.591. The van der Waals surface area contributed by atoms with Crippen molar-refractivity contribution in [1.82, 2.24) is 10.6 Å². The molecule has 0 spiro atoms. The Morgan fingerprint density at radius 3 is 2.13 bits per heavy atom. The number of carbonyl (C=O) groups is 2. The first-order valence-electron chi connectivity index (χ1n) is 4.64. The summed E-state index contributed by atoms with van der Waals surface area (Å²) in [7, 11) is 0. The summed E-state index contributed by atoms with van der Waals surface area (Å²) >= 11 is 0. The Kier molecular flexibility index (Phi) is 5.24. The van der Waals surface area contributed by atoms with E-state index in [0.29, 0.717) is 0 Å². The van der Waals surface area contributed by atoms with Gasteiger partial charge in [-0.3, -0.25) is 0 Å². The fourth-order valence-corrected chi connectivity index (χ4v) is 0.935. The van der Waals surface area contributed by atoms with Crippen molar-refractivity contribution in [2.24, 2.45) is 5.92 Å². The van der Waals surface area contributed by atoms with Gasteiger partial charge in [-0.05, 0) is 12.8 Å². The Labute approximate surface area is 89.2 Å². The normalized spacial score (nSPS) is 13.8. The van der Waals surface area contributed by atoms with Gasteiger partial charge in [-0.25, -0.2) is 9.59 Å². The molecule has 0 saturated heterocycles. The minimum atomic E-state index is -1.06. The first-order valence-corrected chi connectivity index (χ1v) is 4.64. The maximum Gasteiger partial charge on any atom is 0.326 e. The lowest BCUT2D eigenvalue weighted by molar-refractivity contribution is -0.140. The number of carboxylic acid groups (broad SMARTS) is 1. The Hall–Kier alpha value is -1.70. The third kappa shape index (κ3) is 4.91. The van der Waals surface area contributed by atoms with E-state index in [1.165, 1.54) is 0 Å². The lowest BCUT2D eigenvalue weighted by Gasteiger charge is -2.18. The minimum absolute atomic E-state index is 0.186. The second-order valence-electron chi connectivity index (χ2n) is 3.57. The number of hydrogen-bond donors (Lipinski definition) is 3. The van der Waals surface area contributed by atoms with Gasteiger partial charge in [0, 0.05) is 0 Å². The molecule has 15 heavy (non-hydrogen) atoms. The summed E-state index contributed by atoms with van der Waals surface area (Å²) in [6.07, 6.45) is 5.06. The first-order chi connectivity index (χ1) is 6.88. The third-order valence-corrected chi connectivity index (χ3v) is 1.82. The van der Waals surface area contributed by atoms with Gasteiger partial charge >= 0.3 is 12.0 Å². The van der Waals surface area contributed by atoms with Crippen LogP contribution in [0.1, 0.15) is 20.8 Å². The molecule has 0 bridgehead atoms. The van der Waals surface area contributed by atoms with E-state index in [4.69, 9.17) is 11.5 Å².